The van der Waals surface area contributed by atoms with Crippen molar-refractivity contribution in [1.29, 1.82) is 0 Å². The summed E-state index contributed by atoms with van der Waals surface area (Å²) in [5.74, 6) is -0.921. The number of carbonyl (C=O) groups excluding carboxylic acids is 1. The van der Waals surface area contributed by atoms with Crippen molar-refractivity contribution in [1.82, 2.24) is 4.90 Å². The Hall–Kier alpha value is -1.69. The van der Waals surface area contributed by atoms with E-state index in [0.717, 1.165) is 11.3 Å². The maximum Gasteiger partial charge on any atom is 0.329 e. The van der Waals surface area contributed by atoms with Crippen molar-refractivity contribution in [2.24, 2.45) is 0 Å². The van der Waals surface area contributed by atoms with Gasteiger partial charge in [-0.15, -0.1) is 11.8 Å². The number of carboxylic acids is 1. The molecule has 1 unspecified atom stereocenters. The van der Waals surface area contributed by atoms with Gasteiger partial charge in [0.1, 0.15) is 5.54 Å². The van der Waals surface area contributed by atoms with Crippen molar-refractivity contribution < 1.29 is 14.7 Å². The molecule has 1 aliphatic heterocycles. The van der Waals surface area contributed by atoms with Crippen LogP contribution >= 0.6 is 11.8 Å². The summed E-state index contributed by atoms with van der Waals surface area (Å²) in [4.78, 5) is 26.5. The van der Waals surface area contributed by atoms with Crippen molar-refractivity contribution in [3.8, 4) is 0 Å². The first kappa shape index (κ1) is 15.7. The Bertz CT molecular complexity index is 549. The van der Waals surface area contributed by atoms with Crippen molar-refractivity contribution in [3.63, 3.8) is 0 Å². The number of benzene rings is 1. The molecule has 0 saturated carbocycles. The fourth-order valence-corrected chi connectivity index (χ4v) is 3.27. The zero-order chi connectivity index (χ0) is 15.5. The van der Waals surface area contributed by atoms with Gasteiger partial charge in [0.15, 0.2) is 0 Å². The molecule has 2 amide bonds. The topological polar surface area (TPSA) is 69.6 Å². The summed E-state index contributed by atoms with van der Waals surface area (Å²) < 4.78 is 0. The first-order valence-electron chi connectivity index (χ1n) is 6.99. The van der Waals surface area contributed by atoms with E-state index in [1.807, 2.05) is 37.4 Å². The molecule has 21 heavy (non-hydrogen) atoms. The standard InChI is InChI=1S/C15H20N2O3S/c1-3-15(13(18)19)8-5-9-17(15)14(20)16-11-6-4-7-12(10-11)21-2/h4,6-7,10H,3,5,8-9H2,1-2H3,(H,16,20)(H,18,19). The van der Waals surface area contributed by atoms with Gasteiger partial charge in [0.25, 0.3) is 0 Å². The smallest absolute Gasteiger partial charge is 0.329 e. The lowest BCUT2D eigenvalue weighted by Crippen LogP contribution is -2.54. The Balaban J connectivity index is 2.17. The van der Waals surface area contributed by atoms with Gasteiger partial charge in [-0.2, -0.15) is 0 Å². The third-order valence-electron chi connectivity index (χ3n) is 4.04. The minimum absolute atomic E-state index is 0.338. The quantitative estimate of drug-likeness (QED) is 0.838. The van der Waals surface area contributed by atoms with Crippen LogP contribution < -0.4 is 5.32 Å². The van der Waals surface area contributed by atoms with Crippen molar-refractivity contribution in [2.75, 3.05) is 18.1 Å². The highest BCUT2D eigenvalue weighted by Gasteiger charge is 2.48. The number of likely N-dealkylation sites (tertiary alicyclic amines) is 1. The molecule has 0 spiro atoms. The van der Waals surface area contributed by atoms with Gasteiger partial charge in [-0.25, -0.2) is 9.59 Å². The molecule has 1 aromatic rings. The number of nitrogens with one attached hydrogen (secondary N) is 1. The van der Waals surface area contributed by atoms with Gasteiger partial charge in [-0.3, -0.25) is 0 Å². The van der Waals surface area contributed by atoms with E-state index in [0.29, 0.717) is 25.1 Å². The first-order valence-corrected chi connectivity index (χ1v) is 8.22. The predicted molar refractivity (Wildman–Crippen MR) is 83.8 cm³/mol. The number of aliphatic carboxylic acids is 1. The molecule has 0 bridgehead atoms. The second-order valence-electron chi connectivity index (χ2n) is 5.11. The Kier molecular flexibility index (Phi) is 4.77. The zero-order valence-electron chi connectivity index (χ0n) is 12.3. The molecule has 1 saturated heterocycles. The van der Waals surface area contributed by atoms with Crippen LogP contribution in [0.25, 0.3) is 0 Å². The lowest BCUT2D eigenvalue weighted by molar-refractivity contribution is -0.148. The maximum atomic E-state index is 12.4. The zero-order valence-corrected chi connectivity index (χ0v) is 13.1. The highest BCUT2D eigenvalue weighted by Crippen LogP contribution is 2.33. The van der Waals surface area contributed by atoms with Gasteiger partial charge in [0, 0.05) is 17.1 Å². The highest BCUT2D eigenvalue weighted by molar-refractivity contribution is 7.98. The number of amides is 2. The minimum atomic E-state index is -1.07. The molecule has 1 fully saturated rings. The van der Waals surface area contributed by atoms with Crippen LogP contribution in [0.5, 0.6) is 0 Å². The predicted octanol–water partition coefficient (Wildman–Crippen LogP) is 3.27. The monoisotopic (exact) mass is 308 g/mol. The van der Waals surface area contributed by atoms with E-state index >= 15 is 0 Å². The first-order chi connectivity index (χ1) is 10.0. The molecule has 2 rings (SSSR count). The van der Waals surface area contributed by atoms with Crippen LogP contribution in [0.15, 0.2) is 29.2 Å². The molecule has 2 N–H and O–H groups in total. The molecule has 1 aromatic carbocycles. The second kappa shape index (κ2) is 6.39. The largest absolute Gasteiger partial charge is 0.479 e. The number of nitrogens with zero attached hydrogens (tertiary/aromatic N) is 1. The molecule has 5 nitrogen and oxygen atoms in total. The van der Waals surface area contributed by atoms with E-state index in [1.165, 1.54) is 4.90 Å². The van der Waals surface area contributed by atoms with E-state index in [-0.39, 0.29) is 6.03 Å². The molecule has 1 aliphatic rings. The summed E-state index contributed by atoms with van der Waals surface area (Å²) >= 11 is 1.59. The number of hydrogen-bond donors (Lipinski definition) is 2. The van der Waals surface area contributed by atoms with Crippen LogP contribution in [0.2, 0.25) is 0 Å². The third-order valence-corrected chi connectivity index (χ3v) is 4.76. The normalized spacial score (nSPS) is 21.3. The van der Waals surface area contributed by atoms with Gasteiger partial charge >= 0.3 is 12.0 Å². The average molecular weight is 308 g/mol. The third kappa shape index (κ3) is 3.00. The van der Waals surface area contributed by atoms with E-state index < -0.39 is 11.5 Å². The molecule has 0 aromatic heterocycles. The molecule has 0 radical (unpaired) electrons. The Morgan fingerprint density at radius 3 is 2.86 bits per heavy atom. The summed E-state index contributed by atoms with van der Waals surface area (Å²) in [5, 5.41) is 12.3. The van der Waals surface area contributed by atoms with E-state index in [4.69, 9.17) is 0 Å². The fraction of sp³-hybridized carbons (Fsp3) is 0.467. The molecule has 6 heteroatoms. The van der Waals surface area contributed by atoms with Gasteiger partial charge < -0.3 is 15.3 Å². The van der Waals surface area contributed by atoms with E-state index in [2.05, 4.69) is 5.32 Å². The molecule has 0 aliphatic carbocycles. The number of urea groups is 1. The highest BCUT2D eigenvalue weighted by atomic mass is 32.2. The molecule has 1 atom stereocenters. The lowest BCUT2D eigenvalue weighted by atomic mass is 9.93. The van der Waals surface area contributed by atoms with Crippen LogP contribution in [0.1, 0.15) is 26.2 Å². The lowest BCUT2D eigenvalue weighted by Gasteiger charge is -2.33. The van der Waals surface area contributed by atoms with Crippen LogP contribution in [0.4, 0.5) is 10.5 Å². The number of thioether (sulfide) groups is 1. The summed E-state index contributed by atoms with van der Waals surface area (Å²) in [5.41, 5.74) is -0.379. The molecule has 1 heterocycles. The Morgan fingerprint density at radius 1 is 1.48 bits per heavy atom. The van der Waals surface area contributed by atoms with Gasteiger partial charge in [-0.1, -0.05) is 13.0 Å². The number of carbonyl (C=O) groups is 2. The minimum Gasteiger partial charge on any atom is -0.479 e. The van der Waals surface area contributed by atoms with Crippen LogP contribution in [-0.2, 0) is 4.79 Å². The van der Waals surface area contributed by atoms with E-state index in [9.17, 15) is 14.7 Å². The average Bonchev–Trinajstić information content (AvgIpc) is 2.92. The summed E-state index contributed by atoms with van der Waals surface area (Å²) in [7, 11) is 0. The molecular weight excluding hydrogens is 288 g/mol. The number of carboxylic acid groups (broad SMARTS) is 1. The van der Waals surface area contributed by atoms with Gasteiger partial charge in [0.05, 0.1) is 0 Å². The van der Waals surface area contributed by atoms with Crippen molar-refractivity contribution in [2.45, 2.75) is 36.6 Å². The number of rotatable bonds is 4. The number of anilines is 1. The van der Waals surface area contributed by atoms with Gasteiger partial charge in [0.2, 0.25) is 0 Å². The summed E-state index contributed by atoms with van der Waals surface area (Å²) in [6.07, 6.45) is 3.62. The van der Waals surface area contributed by atoms with Crippen molar-refractivity contribution in [3.05, 3.63) is 24.3 Å². The molecule has 114 valence electrons. The van der Waals surface area contributed by atoms with Crippen LogP contribution in [0.3, 0.4) is 0 Å². The SMILES string of the molecule is CCC1(C(=O)O)CCCN1C(=O)Nc1cccc(SC)c1. The second-order valence-corrected chi connectivity index (χ2v) is 5.99. The maximum absolute atomic E-state index is 12.4. The number of hydrogen-bond acceptors (Lipinski definition) is 3. The fourth-order valence-electron chi connectivity index (χ4n) is 2.81. The molecular formula is C15H20N2O3S. The van der Waals surface area contributed by atoms with E-state index in [1.54, 1.807) is 11.8 Å². The van der Waals surface area contributed by atoms with Crippen LogP contribution in [-0.4, -0.2) is 40.3 Å². The Labute approximate surface area is 128 Å². The summed E-state index contributed by atoms with van der Waals surface area (Å²) in [6, 6.07) is 7.18. The van der Waals surface area contributed by atoms with Crippen molar-refractivity contribution >= 4 is 29.4 Å². The Morgan fingerprint density at radius 2 is 2.24 bits per heavy atom. The summed E-state index contributed by atoms with van der Waals surface area (Å²) in [6.45, 7) is 2.29. The van der Waals surface area contributed by atoms with Crippen LogP contribution in [0, 0.1) is 0 Å². The van der Waals surface area contributed by atoms with Gasteiger partial charge in [-0.05, 0) is 43.7 Å².